The molecular weight excluding hydrogens is 496 g/mol. The summed E-state index contributed by atoms with van der Waals surface area (Å²) in [4.78, 5) is 28.8. The minimum absolute atomic E-state index is 0.281. The summed E-state index contributed by atoms with van der Waals surface area (Å²) < 4.78 is 1.87. The monoisotopic (exact) mass is 514 g/mol. The number of fused-ring (bicyclic) bond motifs is 4. The Morgan fingerprint density at radius 3 is 1.73 bits per heavy atom. The summed E-state index contributed by atoms with van der Waals surface area (Å²) in [5.41, 5.74) is 5.82. The Balaban J connectivity index is 1.42. The van der Waals surface area contributed by atoms with Crippen molar-refractivity contribution in [2.24, 2.45) is 0 Å². The maximum atomic E-state index is 14.0. The molecule has 0 radical (unpaired) electrons. The number of aromatic nitrogens is 1. The summed E-state index contributed by atoms with van der Waals surface area (Å²) in [7, 11) is 0. The molecule has 0 saturated carbocycles. The Hall–Kier alpha value is -5.98. The van der Waals surface area contributed by atoms with Crippen molar-refractivity contribution in [2.45, 2.75) is 0 Å². The molecule has 40 heavy (non-hydrogen) atoms. The van der Waals surface area contributed by atoms with Gasteiger partial charge in [0.25, 0.3) is 11.8 Å². The zero-order chi connectivity index (χ0) is 27.4. The van der Waals surface area contributed by atoms with Gasteiger partial charge in [-0.15, -0.1) is 0 Å². The normalized spacial score (nSPS) is 12.5. The Kier molecular flexibility index (Phi) is 5.10. The predicted molar refractivity (Wildman–Crippen MR) is 153 cm³/mol. The highest BCUT2D eigenvalue weighted by molar-refractivity contribution is 6.35. The fraction of sp³-hybridized carbons (Fsp3) is 0. The van der Waals surface area contributed by atoms with E-state index in [0.717, 1.165) is 11.1 Å². The maximum Gasteiger partial charge on any atom is 0.268 e. The first-order valence-corrected chi connectivity index (χ1v) is 12.7. The van der Waals surface area contributed by atoms with Crippen LogP contribution in [0.2, 0.25) is 0 Å². The molecule has 5 aromatic carbocycles. The molecule has 7 rings (SSSR count). The second kappa shape index (κ2) is 8.80. The molecule has 6 nitrogen and oxygen atoms in total. The Bertz CT molecular complexity index is 2040. The molecule has 0 aliphatic carbocycles. The van der Waals surface area contributed by atoms with Gasteiger partial charge in [-0.1, -0.05) is 60.7 Å². The molecule has 1 aliphatic rings. The molecule has 2 heterocycles. The number of nitriles is 2. The summed E-state index contributed by atoms with van der Waals surface area (Å²) in [5, 5.41) is 21.0. The van der Waals surface area contributed by atoms with Gasteiger partial charge in [-0.25, -0.2) is 4.90 Å². The van der Waals surface area contributed by atoms with Crippen molar-refractivity contribution in [3.05, 3.63) is 131 Å². The Labute approximate surface area is 229 Å². The van der Waals surface area contributed by atoms with Crippen LogP contribution >= 0.6 is 0 Å². The minimum Gasteiger partial charge on any atom is -0.308 e. The van der Waals surface area contributed by atoms with Gasteiger partial charge in [0.1, 0.15) is 0 Å². The molecular formula is C34H18N4O2. The van der Waals surface area contributed by atoms with Crippen molar-refractivity contribution in [3.8, 4) is 29.0 Å². The van der Waals surface area contributed by atoms with Crippen molar-refractivity contribution in [2.75, 3.05) is 4.90 Å². The van der Waals surface area contributed by atoms with Crippen LogP contribution in [-0.4, -0.2) is 16.4 Å². The van der Waals surface area contributed by atoms with Crippen molar-refractivity contribution in [1.29, 1.82) is 10.5 Å². The lowest BCUT2D eigenvalue weighted by Gasteiger charge is -2.15. The molecule has 6 aromatic rings. The summed E-state index contributed by atoms with van der Waals surface area (Å²) in [5.74, 6) is -0.823. The molecule has 6 heteroatoms. The van der Waals surface area contributed by atoms with Gasteiger partial charge in [0, 0.05) is 10.8 Å². The molecule has 0 unspecified atom stereocenters. The van der Waals surface area contributed by atoms with Crippen molar-refractivity contribution >= 4 is 39.3 Å². The van der Waals surface area contributed by atoms with Gasteiger partial charge in [-0.2, -0.15) is 10.5 Å². The van der Waals surface area contributed by atoms with Gasteiger partial charge in [0.15, 0.2) is 0 Å². The standard InChI is InChI=1S/C34H18N4O2/c35-19-23-9-4-12-27-30(23)31-24(20-36)10-5-13-28(31)38(27)29-14-6-11-26-32(29)34(40)37(33(26)39)25-17-15-22(16-18-25)21-7-2-1-3-8-21/h1-18H. The number of nitrogens with zero attached hydrogens (tertiary/aromatic N) is 4. The Morgan fingerprint density at radius 1 is 0.550 bits per heavy atom. The predicted octanol–water partition coefficient (Wildman–Crippen LogP) is 6.99. The van der Waals surface area contributed by atoms with Gasteiger partial charge in [0.2, 0.25) is 0 Å². The molecule has 1 aromatic heterocycles. The highest BCUT2D eigenvalue weighted by atomic mass is 16.2. The van der Waals surface area contributed by atoms with E-state index < -0.39 is 11.8 Å². The number of carbonyl (C=O) groups is 2. The van der Waals surface area contributed by atoms with Gasteiger partial charge in [0.05, 0.1) is 56.8 Å². The minimum atomic E-state index is -0.425. The van der Waals surface area contributed by atoms with Crippen LogP contribution in [0.25, 0.3) is 38.6 Å². The third-order valence-corrected chi connectivity index (χ3v) is 7.42. The van der Waals surface area contributed by atoms with Crippen LogP contribution < -0.4 is 4.90 Å². The number of imide groups is 1. The highest BCUT2D eigenvalue weighted by Crippen LogP contribution is 2.39. The lowest BCUT2D eigenvalue weighted by molar-refractivity contribution is 0.0926. The smallest absolute Gasteiger partial charge is 0.268 e. The van der Waals surface area contributed by atoms with E-state index in [2.05, 4.69) is 12.1 Å². The first-order valence-electron chi connectivity index (χ1n) is 12.7. The maximum absolute atomic E-state index is 14.0. The molecule has 0 N–H and O–H groups in total. The van der Waals surface area contributed by atoms with E-state index in [1.807, 2.05) is 59.2 Å². The third kappa shape index (κ3) is 3.21. The van der Waals surface area contributed by atoms with Crippen LogP contribution in [0.3, 0.4) is 0 Å². The van der Waals surface area contributed by atoms with E-state index in [1.165, 1.54) is 4.90 Å². The molecule has 0 spiro atoms. The lowest BCUT2D eigenvalue weighted by atomic mass is 10.0. The van der Waals surface area contributed by atoms with Crippen molar-refractivity contribution < 1.29 is 9.59 Å². The molecule has 0 fully saturated rings. The van der Waals surface area contributed by atoms with E-state index in [0.29, 0.717) is 49.9 Å². The quantitative estimate of drug-likeness (QED) is 0.238. The fourth-order valence-electron chi connectivity index (χ4n) is 5.68. The number of amides is 2. The van der Waals surface area contributed by atoms with Crippen molar-refractivity contribution in [1.82, 2.24) is 4.57 Å². The first-order chi connectivity index (χ1) is 19.6. The third-order valence-electron chi connectivity index (χ3n) is 7.42. The number of rotatable bonds is 3. The lowest BCUT2D eigenvalue weighted by Crippen LogP contribution is -2.29. The second-order valence-corrected chi connectivity index (χ2v) is 9.52. The second-order valence-electron chi connectivity index (χ2n) is 9.52. The number of hydrogen-bond acceptors (Lipinski definition) is 4. The summed E-state index contributed by atoms with van der Waals surface area (Å²) in [6.07, 6.45) is 0. The van der Waals surface area contributed by atoms with E-state index in [4.69, 9.17) is 0 Å². The Morgan fingerprint density at radius 2 is 1.12 bits per heavy atom. The molecule has 0 saturated heterocycles. The van der Waals surface area contributed by atoms with Crippen LogP contribution in [0.15, 0.2) is 109 Å². The van der Waals surface area contributed by atoms with Gasteiger partial charge >= 0.3 is 0 Å². The summed E-state index contributed by atoms with van der Waals surface area (Å²) in [6, 6.07) is 37.6. The van der Waals surface area contributed by atoms with E-state index >= 15 is 0 Å². The molecule has 1 aliphatic heterocycles. The van der Waals surface area contributed by atoms with Crippen LogP contribution in [0.4, 0.5) is 5.69 Å². The zero-order valence-electron chi connectivity index (χ0n) is 21.0. The molecule has 0 bridgehead atoms. The highest BCUT2D eigenvalue weighted by Gasteiger charge is 2.39. The van der Waals surface area contributed by atoms with E-state index in [9.17, 15) is 20.1 Å². The summed E-state index contributed by atoms with van der Waals surface area (Å²) >= 11 is 0. The summed E-state index contributed by atoms with van der Waals surface area (Å²) in [6.45, 7) is 0. The zero-order valence-corrected chi connectivity index (χ0v) is 21.0. The molecule has 0 atom stereocenters. The van der Waals surface area contributed by atoms with Crippen LogP contribution in [-0.2, 0) is 0 Å². The van der Waals surface area contributed by atoms with E-state index in [-0.39, 0.29) is 5.56 Å². The van der Waals surface area contributed by atoms with Crippen molar-refractivity contribution in [3.63, 3.8) is 0 Å². The SMILES string of the molecule is N#Cc1cccc2c1c1c(C#N)cccc1n2-c1cccc2c1C(=O)N(c1ccc(-c3ccccc3)cc1)C2=O. The largest absolute Gasteiger partial charge is 0.308 e. The van der Waals surface area contributed by atoms with Gasteiger partial charge in [-0.3, -0.25) is 9.59 Å². The number of benzene rings is 5. The fourth-order valence-corrected chi connectivity index (χ4v) is 5.68. The van der Waals surface area contributed by atoms with Crippen LogP contribution in [0.1, 0.15) is 31.8 Å². The number of anilines is 1. The van der Waals surface area contributed by atoms with Crippen LogP contribution in [0.5, 0.6) is 0 Å². The number of carbonyl (C=O) groups excluding carboxylic acids is 2. The average molecular weight is 515 g/mol. The topological polar surface area (TPSA) is 89.9 Å². The van der Waals surface area contributed by atoms with Gasteiger partial charge in [-0.05, 0) is 59.7 Å². The number of hydrogen-bond donors (Lipinski definition) is 0. The average Bonchev–Trinajstić information content (AvgIpc) is 3.49. The first kappa shape index (κ1) is 23.2. The van der Waals surface area contributed by atoms with Crippen LogP contribution in [0, 0.1) is 22.7 Å². The van der Waals surface area contributed by atoms with Gasteiger partial charge < -0.3 is 4.57 Å². The molecule has 2 amide bonds. The molecule has 186 valence electrons. The van der Waals surface area contributed by atoms with E-state index in [1.54, 1.807) is 54.6 Å².